The maximum atomic E-state index is 11.9. The van der Waals surface area contributed by atoms with Gasteiger partial charge in [0.05, 0.1) is 5.75 Å². The van der Waals surface area contributed by atoms with Crippen LogP contribution >= 0.6 is 0 Å². The second kappa shape index (κ2) is 5.83. The predicted molar refractivity (Wildman–Crippen MR) is 73.3 cm³/mol. The molecule has 2 heterocycles. The van der Waals surface area contributed by atoms with E-state index in [1.807, 2.05) is 13.0 Å². The molecule has 0 bridgehead atoms. The molecule has 2 aromatic heterocycles. The van der Waals surface area contributed by atoms with Crippen molar-refractivity contribution < 1.29 is 8.42 Å². The summed E-state index contributed by atoms with van der Waals surface area (Å²) in [5, 5.41) is 6.66. The van der Waals surface area contributed by atoms with Gasteiger partial charge in [0.15, 0.2) is 5.82 Å². The van der Waals surface area contributed by atoms with Crippen LogP contribution in [0.2, 0.25) is 0 Å². The number of rotatable bonds is 6. The Bertz CT molecular complexity index is 622. The second-order valence-corrected chi connectivity index (χ2v) is 5.97. The third-order valence-corrected chi connectivity index (χ3v) is 3.89. The van der Waals surface area contributed by atoms with E-state index >= 15 is 0 Å². The number of nitrogens with zero attached hydrogens (tertiary/aromatic N) is 2. The summed E-state index contributed by atoms with van der Waals surface area (Å²) < 4.78 is 26.2. The number of hydrogen-bond acceptors (Lipinski definition) is 4. The van der Waals surface area contributed by atoms with E-state index in [0.717, 1.165) is 17.8 Å². The number of nitrogens with one attached hydrogen (secondary N) is 2. The summed E-state index contributed by atoms with van der Waals surface area (Å²) in [6.45, 7) is 1.97. The number of sulfonamides is 1. The van der Waals surface area contributed by atoms with Gasteiger partial charge in [-0.1, -0.05) is 13.0 Å². The normalized spacial score (nSPS) is 11.4. The number of hydrogen-bond donors (Lipinski definition) is 2. The third-order valence-electron chi connectivity index (χ3n) is 2.62. The predicted octanol–water partition coefficient (Wildman–Crippen LogP) is 1.35. The fraction of sp³-hybridized carbons (Fsp3) is 0.333. The SMILES string of the molecule is CCc1cc(NS(=O)(=O)CCc2ccccn2)n[nH]1. The van der Waals surface area contributed by atoms with Crippen LogP contribution in [-0.2, 0) is 22.9 Å². The van der Waals surface area contributed by atoms with E-state index in [-0.39, 0.29) is 5.75 Å². The lowest BCUT2D eigenvalue weighted by Gasteiger charge is -2.04. The van der Waals surface area contributed by atoms with Gasteiger partial charge in [0.25, 0.3) is 0 Å². The van der Waals surface area contributed by atoms with Gasteiger partial charge >= 0.3 is 0 Å². The molecular formula is C12H16N4O2S. The lowest BCUT2D eigenvalue weighted by Crippen LogP contribution is -2.18. The van der Waals surface area contributed by atoms with Gasteiger partial charge < -0.3 is 0 Å². The number of anilines is 1. The molecule has 0 aromatic carbocycles. The minimum atomic E-state index is -3.40. The largest absolute Gasteiger partial charge is 0.280 e. The van der Waals surface area contributed by atoms with Crippen molar-refractivity contribution in [1.82, 2.24) is 15.2 Å². The van der Waals surface area contributed by atoms with Crippen LogP contribution < -0.4 is 4.72 Å². The molecule has 0 aliphatic carbocycles. The van der Waals surface area contributed by atoms with Gasteiger partial charge in [-0.2, -0.15) is 5.10 Å². The highest BCUT2D eigenvalue weighted by atomic mass is 32.2. The topological polar surface area (TPSA) is 87.7 Å². The summed E-state index contributed by atoms with van der Waals surface area (Å²) in [5.41, 5.74) is 1.64. The van der Waals surface area contributed by atoms with Crippen LogP contribution in [0.15, 0.2) is 30.5 Å². The van der Waals surface area contributed by atoms with Gasteiger partial charge in [0, 0.05) is 30.1 Å². The molecule has 0 spiro atoms. The molecule has 0 radical (unpaired) electrons. The van der Waals surface area contributed by atoms with Gasteiger partial charge in [-0.15, -0.1) is 0 Å². The number of aromatic nitrogens is 3. The zero-order valence-electron chi connectivity index (χ0n) is 10.6. The van der Waals surface area contributed by atoms with Crippen molar-refractivity contribution in [2.75, 3.05) is 10.5 Å². The molecule has 0 amide bonds. The summed E-state index contributed by atoms with van der Waals surface area (Å²) >= 11 is 0. The van der Waals surface area contributed by atoms with Crippen molar-refractivity contribution in [1.29, 1.82) is 0 Å². The summed E-state index contributed by atoms with van der Waals surface area (Å²) in [7, 11) is -3.40. The maximum Gasteiger partial charge on any atom is 0.234 e. The van der Waals surface area contributed by atoms with Crippen molar-refractivity contribution in [3.63, 3.8) is 0 Å². The first-order valence-electron chi connectivity index (χ1n) is 6.04. The fourth-order valence-corrected chi connectivity index (χ4v) is 2.59. The average Bonchev–Trinajstić information content (AvgIpc) is 2.85. The first-order valence-corrected chi connectivity index (χ1v) is 7.69. The Morgan fingerprint density at radius 3 is 2.84 bits per heavy atom. The Morgan fingerprint density at radius 1 is 1.37 bits per heavy atom. The standard InChI is InChI=1S/C12H16N4O2S/c1-2-10-9-12(15-14-10)16-19(17,18)8-6-11-5-3-4-7-13-11/h3-5,7,9H,2,6,8H2,1H3,(H2,14,15,16). The molecule has 7 heteroatoms. The number of H-pyrrole nitrogens is 1. The van der Waals surface area contributed by atoms with Crippen molar-refractivity contribution >= 4 is 15.8 Å². The molecule has 0 atom stereocenters. The van der Waals surface area contributed by atoms with Gasteiger partial charge in [-0.3, -0.25) is 14.8 Å². The quantitative estimate of drug-likeness (QED) is 0.836. The zero-order chi connectivity index (χ0) is 13.7. The average molecular weight is 280 g/mol. The van der Waals surface area contributed by atoms with E-state index in [9.17, 15) is 8.42 Å². The molecule has 2 rings (SSSR count). The first-order chi connectivity index (χ1) is 9.09. The maximum absolute atomic E-state index is 11.9. The van der Waals surface area contributed by atoms with Gasteiger partial charge in [-0.25, -0.2) is 8.42 Å². The molecule has 0 aliphatic rings. The molecule has 19 heavy (non-hydrogen) atoms. The molecule has 0 aliphatic heterocycles. The Hall–Kier alpha value is -1.89. The molecule has 2 aromatic rings. The van der Waals surface area contributed by atoms with E-state index in [0.29, 0.717) is 12.2 Å². The molecule has 6 nitrogen and oxygen atoms in total. The van der Waals surface area contributed by atoms with Gasteiger partial charge in [0.1, 0.15) is 0 Å². The van der Waals surface area contributed by atoms with E-state index in [1.54, 1.807) is 24.4 Å². The highest BCUT2D eigenvalue weighted by Crippen LogP contribution is 2.09. The minimum absolute atomic E-state index is 0.0155. The summed E-state index contributed by atoms with van der Waals surface area (Å²) in [6, 6.07) is 7.13. The Labute approximate surface area is 112 Å². The van der Waals surface area contributed by atoms with Gasteiger partial charge in [-0.05, 0) is 18.6 Å². The number of aryl methyl sites for hydroxylation is 2. The Kier molecular flexibility index (Phi) is 4.16. The zero-order valence-corrected chi connectivity index (χ0v) is 11.4. The monoisotopic (exact) mass is 280 g/mol. The summed E-state index contributed by atoms with van der Waals surface area (Å²) in [5.74, 6) is 0.316. The Balaban J connectivity index is 1.95. The lowest BCUT2D eigenvalue weighted by atomic mass is 10.3. The molecular weight excluding hydrogens is 264 g/mol. The van der Waals surface area contributed by atoms with Crippen molar-refractivity contribution in [3.8, 4) is 0 Å². The Morgan fingerprint density at radius 2 is 2.21 bits per heavy atom. The molecule has 0 fully saturated rings. The molecule has 0 unspecified atom stereocenters. The van der Waals surface area contributed by atoms with Crippen LogP contribution in [0.1, 0.15) is 18.3 Å². The van der Waals surface area contributed by atoms with Crippen LogP contribution in [-0.4, -0.2) is 29.4 Å². The van der Waals surface area contributed by atoms with Crippen molar-refractivity contribution in [3.05, 3.63) is 41.9 Å². The first kappa shape index (κ1) is 13.5. The second-order valence-electron chi connectivity index (χ2n) is 4.12. The van der Waals surface area contributed by atoms with E-state index in [4.69, 9.17) is 0 Å². The highest BCUT2D eigenvalue weighted by Gasteiger charge is 2.12. The van der Waals surface area contributed by atoms with Crippen LogP contribution in [0.5, 0.6) is 0 Å². The van der Waals surface area contributed by atoms with Crippen LogP contribution in [0, 0.1) is 0 Å². The molecule has 0 saturated heterocycles. The summed E-state index contributed by atoms with van der Waals surface area (Å²) in [4.78, 5) is 4.09. The van der Waals surface area contributed by atoms with Crippen LogP contribution in [0.3, 0.4) is 0 Å². The number of aromatic amines is 1. The lowest BCUT2D eigenvalue weighted by molar-refractivity contribution is 0.600. The molecule has 2 N–H and O–H groups in total. The third kappa shape index (κ3) is 4.06. The van der Waals surface area contributed by atoms with Gasteiger partial charge in [0.2, 0.25) is 10.0 Å². The van der Waals surface area contributed by atoms with Crippen LogP contribution in [0.4, 0.5) is 5.82 Å². The van der Waals surface area contributed by atoms with E-state index < -0.39 is 10.0 Å². The van der Waals surface area contributed by atoms with E-state index in [1.165, 1.54) is 0 Å². The van der Waals surface area contributed by atoms with Crippen molar-refractivity contribution in [2.45, 2.75) is 19.8 Å². The fourth-order valence-electron chi connectivity index (χ4n) is 1.59. The number of pyridine rings is 1. The smallest absolute Gasteiger partial charge is 0.234 e. The molecule has 0 saturated carbocycles. The molecule has 102 valence electrons. The highest BCUT2D eigenvalue weighted by molar-refractivity contribution is 7.92. The van der Waals surface area contributed by atoms with Crippen molar-refractivity contribution in [2.24, 2.45) is 0 Å². The van der Waals surface area contributed by atoms with Crippen LogP contribution in [0.25, 0.3) is 0 Å². The minimum Gasteiger partial charge on any atom is -0.280 e. The summed E-state index contributed by atoms with van der Waals surface area (Å²) in [6.07, 6.45) is 2.81. The van der Waals surface area contributed by atoms with E-state index in [2.05, 4.69) is 19.9 Å².